The highest BCUT2D eigenvalue weighted by Gasteiger charge is 2.67. The van der Waals surface area contributed by atoms with E-state index in [4.69, 9.17) is 0 Å². The lowest BCUT2D eigenvalue weighted by Gasteiger charge is -2.33. The van der Waals surface area contributed by atoms with Gasteiger partial charge in [-0.15, -0.1) is 0 Å². The van der Waals surface area contributed by atoms with Gasteiger partial charge in [-0.1, -0.05) is 19.1 Å². The van der Waals surface area contributed by atoms with E-state index in [1.165, 1.54) is 5.56 Å². The van der Waals surface area contributed by atoms with Crippen molar-refractivity contribution in [3.8, 4) is 0 Å². The van der Waals surface area contributed by atoms with Gasteiger partial charge in [0.15, 0.2) is 0 Å². The Morgan fingerprint density at radius 3 is 2.50 bits per heavy atom. The zero-order valence-corrected chi connectivity index (χ0v) is 19.7. The summed E-state index contributed by atoms with van der Waals surface area (Å²) in [5.74, 6) is -1.32. The van der Waals surface area contributed by atoms with Gasteiger partial charge >= 0.3 is 0 Å². The Morgan fingerprint density at radius 1 is 1.12 bits per heavy atom. The lowest BCUT2D eigenvalue weighted by atomic mass is 9.87. The molecule has 8 heteroatoms. The maximum Gasteiger partial charge on any atom is 0.260 e. The molecule has 0 bridgehead atoms. The van der Waals surface area contributed by atoms with Gasteiger partial charge in [0.05, 0.1) is 11.8 Å². The van der Waals surface area contributed by atoms with Crippen LogP contribution in [0.25, 0.3) is 0 Å². The van der Waals surface area contributed by atoms with Gasteiger partial charge in [0.2, 0.25) is 10.0 Å². The fourth-order valence-electron chi connectivity index (χ4n) is 6.41. The molecule has 2 aliphatic heterocycles. The molecule has 2 saturated carbocycles. The molecular weight excluding hydrogens is 432 g/mol. The number of anilines is 1. The van der Waals surface area contributed by atoms with Crippen molar-refractivity contribution in [1.29, 1.82) is 0 Å². The zero-order valence-electron chi connectivity index (χ0n) is 18.9. The first-order chi connectivity index (χ1) is 15.2. The minimum atomic E-state index is -3.25. The third-order valence-electron chi connectivity index (χ3n) is 8.24. The van der Waals surface area contributed by atoms with Crippen molar-refractivity contribution < 1.29 is 17.2 Å². The Balaban J connectivity index is 1.15. The lowest BCUT2D eigenvalue weighted by molar-refractivity contribution is -0.0643. The van der Waals surface area contributed by atoms with Gasteiger partial charge in [-0.3, -0.25) is 9.62 Å². The second-order valence-electron chi connectivity index (χ2n) is 10.4. The quantitative estimate of drug-likeness (QED) is 0.598. The number of sulfonamides is 1. The van der Waals surface area contributed by atoms with Gasteiger partial charge < -0.3 is 4.90 Å². The Kier molecular flexibility index (Phi) is 5.78. The summed E-state index contributed by atoms with van der Waals surface area (Å²) in [5.41, 5.74) is 2.08. The molecule has 5 rings (SSSR count). The third-order valence-corrected chi connectivity index (χ3v) is 10.1. The molecule has 2 heterocycles. The summed E-state index contributed by atoms with van der Waals surface area (Å²) in [6.45, 7) is 6.76. The summed E-state index contributed by atoms with van der Waals surface area (Å²) < 4.78 is 54.7. The van der Waals surface area contributed by atoms with Gasteiger partial charge in [0.1, 0.15) is 0 Å². The van der Waals surface area contributed by atoms with E-state index < -0.39 is 15.9 Å². The Morgan fingerprint density at radius 2 is 1.84 bits per heavy atom. The molecule has 1 unspecified atom stereocenters. The molecule has 0 spiro atoms. The number of halogens is 2. The number of nitrogens with zero attached hydrogens (tertiary/aromatic N) is 2. The third kappa shape index (κ3) is 4.30. The molecule has 0 aromatic heterocycles. The molecule has 1 aromatic rings. The molecule has 4 fully saturated rings. The number of nitrogens with one attached hydrogen (secondary N) is 1. The highest BCUT2D eigenvalue weighted by atomic mass is 32.2. The first-order valence-electron chi connectivity index (χ1n) is 12.2. The maximum absolute atomic E-state index is 13.6. The van der Waals surface area contributed by atoms with Gasteiger partial charge in [-0.05, 0) is 81.3 Å². The fourth-order valence-corrected chi connectivity index (χ4v) is 7.79. The molecule has 2 aliphatic carbocycles. The second kappa shape index (κ2) is 8.20. The summed E-state index contributed by atoms with van der Waals surface area (Å²) in [6, 6.07) is 8.01. The van der Waals surface area contributed by atoms with Crippen LogP contribution < -0.4 is 4.72 Å². The smallest absolute Gasteiger partial charge is 0.260 e. The number of benzene rings is 1. The molecular formula is C24H35F2N3O2S. The summed E-state index contributed by atoms with van der Waals surface area (Å²) in [7, 11) is -3.25. The van der Waals surface area contributed by atoms with Crippen LogP contribution in [0, 0.1) is 11.8 Å². The van der Waals surface area contributed by atoms with Crippen molar-refractivity contribution >= 4 is 15.7 Å². The standard InChI is InChI=1S/C24H35F2N3O2S/c1-2-24(18-6-3-7-19(14-18)27-32(30,31)20-8-9-20)21-15-29(16-22(21)24)13-5-12-28-11-4-10-23(25,26)17-28/h3,6-7,14,20-22,27H,2,4-5,8-13,15-17H2,1H3/t21-,22+,24?. The largest absolute Gasteiger partial charge is 0.303 e. The molecule has 5 nitrogen and oxygen atoms in total. The molecule has 0 amide bonds. The van der Waals surface area contributed by atoms with Crippen molar-refractivity contribution in [2.75, 3.05) is 44.0 Å². The maximum atomic E-state index is 13.6. The predicted octanol–water partition coefficient (Wildman–Crippen LogP) is 3.92. The topological polar surface area (TPSA) is 52.7 Å². The normalized spacial score (nSPS) is 32.6. The monoisotopic (exact) mass is 467 g/mol. The number of piperidine rings is 2. The number of alkyl halides is 2. The number of hydrogen-bond acceptors (Lipinski definition) is 4. The zero-order chi connectivity index (χ0) is 22.6. The van der Waals surface area contributed by atoms with E-state index in [0.717, 1.165) is 58.4 Å². The number of hydrogen-bond donors (Lipinski definition) is 1. The molecule has 32 heavy (non-hydrogen) atoms. The summed E-state index contributed by atoms with van der Waals surface area (Å²) in [4.78, 5) is 4.41. The number of rotatable bonds is 9. The summed E-state index contributed by atoms with van der Waals surface area (Å²) in [6.07, 6.45) is 4.13. The van der Waals surface area contributed by atoms with E-state index in [1.54, 1.807) is 0 Å². The Hall–Kier alpha value is -1.25. The van der Waals surface area contributed by atoms with Crippen LogP contribution in [0.15, 0.2) is 24.3 Å². The highest BCUT2D eigenvalue weighted by molar-refractivity contribution is 7.93. The van der Waals surface area contributed by atoms with Crippen LogP contribution in [0.5, 0.6) is 0 Å². The molecule has 0 radical (unpaired) electrons. The second-order valence-corrected chi connectivity index (χ2v) is 12.3. The van der Waals surface area contributed by atoms with E-state index in [0.29, 0.717) is 23.9 Å². The van der Waals surface area contributed by atoms with Crippen LogP contribution in [0.4, 0.5) is 14.5 Å². The molecule has 3 atom stereocenters. The first kappa shape index (κ1) is 22.5. The lowest BCUT2D eigenvalue weighted by Crippen LogP contribution is -2.43. The van der Waals surface area contributed by atoms with Gasteiger partial charge in [-0.2, -0.15) is 0 Å². The van der Waals surface area contributed by atoms with Gasteiger partial charge in [0, 0.05) is 30.6 Å². The molecule has 1 N–H and O–H groups in total. The first-order valence-corrected chi connectivity index (χ1v) is 13.7. The Labute approximate surface area is 190 Å². The van der Waals surface area contributed by atoms with E-state index in [2.05, 4.69) is 22.6 Å². The van der Waals surface area contributed by atoms with Crippen LogP contribution in [-0.4, -0.2) is 68.7 Å². The van der Waals surface area contributed by atoms with Crippen molar-refractivity contribution in [2.24, 2.45) is 11.8 Å². The fraction of sp³-hybridized carbons (Fsp3) is 0.750. The van der Waals surface area contributed by atoms with E-state index in [1.807, 2.05) is 23.1 Å². The average Bonchev–Trinajstić information content (AvgIpc) is 3.64. The SMILES string of the molecule is CCC1(c2cccc(NS(=O)(=O)C3CC3)c2)[C@@H]2CN(CCCN3CCCC(F)(F)C3)C[C@@H]21. The predicted molar refractivity (Wildman–Crippen MR) is 123 cm³/mol. The van der Waals surface area contributed by atoms with Crippen LogP contribution in [0.2, 0.25) is 0 Å². The van der Waals surface area contributed by atoms with Crippen LogP contribution in [0.1, 0.15) is 51.0 Å². The van der Waals surface area contributed by atoms with Crippen molar-refractivity contribution in [2.45, 2.75) is 62.0 Å². The minimum Gasteiger partial charge on any atom is -0.303 e. The highest BCUT2D eigenvalue weighted by Crippen LogP contribution is 2.65. The van der Waals surface area contributed by atoms with Crippen LogP contribution in [0.3, 0.4) is 0 Å². The molecule has 1 aromatic carbocycles. The average molecular weight is 468 g/mol. The van der Waals surface area contributed by atoms with Gasteiger partial charge in [-0.25, -0.2) is 17.2 Å². The Bertz CT molecular complexity index is 938. The van der Waals surface area contributed by atoms with Crippen molar-refractivity contribution in [1.82, 2.24) is 9.80 Å². The van der Waals surface area contributed by atoms with Crippen molar-refractivity contribution in [3.63, 3.8) is 0 Å². The van der Waals surface area contributed by atoms with Crippen LogP contribution >= 0.6 is 0 Å². The molecule has 178 valence electrons. The van der Waals surface area contributed by atoms with E-state index >= 15 is 0 Å². The number of likely N-dealkylation sites (tertiary alicyclic amines) is 2. The summed E-state index contributed by atoms with van der Waals surface area (Å²) >= 11 is 0. The summed E-state index contributed by atoms with van der Waals surface area (Å²) in [5, 5.41) is -0.226. The van der Waals surface area contributed by atoms with Gasteiger partial charge in [0.25, 0.3) is 5.92 Å². The molecule has 2 saturated heterocycles. The molecule has 4 aliphatic rings. The van der Waals surface area contributed by atoms with Crippen LogP contribution in [-0.2, 0) is 15.4 Å². The minimum absolute atomic E-state index is 0.0291. The number of fused-ring (bicyclic) bond motifs is 1. The van der Waals surface area contributed by atoms with E-state index in [9.17, 15) is 17.2 Å². The van der Waals surface area contributed by atoms with Crippen molar-refractivity contribution in [3.05, 3.63) is 29.8 Å². The van der Waals surface area contributed by atoms with E-state index in [-0.39, 0.29) is 23.6 Å².